The Morgan fingerprint density at radius 1 is 1.29 bits per heavy atom. The van der Waals surface area contributed by atoms with Crippen LogP contribution < -0.4 is 0 Å². The van der Waals surface area contributed by atoms with Crippen LogP contribution in [0.2, 0.25) is 0 Å². The SMILES string of the molecule is C=C(C(=O)OCC)[C@@H]1CC[C@@](C)(O)[C@@H]2CC[C@@](C)(O2)[C@@H](OC(C)=O)C/C=C(\C)[C@H](O)C1. The van der Waals surface area contributed by atoms with Crippen molar-refractivity contribution >= 4 is 11.9 Å². The predicted molar refractivity (Wildman–Crippen MR) is 116 cm³/mol. The number of esters is 2. The van der Waals surface area contributed by atoms with Crippen LogP contribution in [0.25, 0.3) is 0 Å². The van der Waals surface area contributed by atoms with E-state index < -0.39 is 41.5 Å². The molecule has 2 aliphatic heterocycles. The minimum absolute atomic E-state index is 0.246. The largest absolute Gasteiger partial charge is 0.463 e. The van der Waals surface area contributed by atoms with Crippen molar-refractivity contribution in [2.75, 3.05) is 6.61 Å². The summed E-state index contributed by atoms with van der Waals surface area (Å²) in [4.78, 5) is 24.0. The Bertz CT molecular complexity index is 711. The number of aliphatic hydroxyl groups excluding tert-OH is 1. The Morgan fingerprint density at radius 3 is 2.58 bits per heavy atom. The monoisotopic (exact) mass is 438 g/mol. The molecule has 7 heteroatoms. The summed E-state index contributed by atoms with van der Waals surface area (Å²) in [5.41, 5.74) is -0.852. The molecule has 0 spiro atoms. The number of hydrogen-bond donors (Lipinski definition) is 2. The molecule has 7 nitrogen and oxygen atoms in total. The molecular weight excluding hydrogens is 400 g/mol. The summed E-state index contributed by atoms with van der Waals surface area (Å²) in [7, 11) is 0. The molecule has 2 N–H and O–H groups in total. The lowest BCUT2D eigenvalue weighted by Crippen LogP contribution is -2.46. The van der Waals surface area contributed by atoms with E-state index in [9.17, 15) is 19.8 Å². The van der Waals surface area contributed by atoms with Gasteiger partial charge in [-0.2, -0.15) is 0 Å². The van der Waals surface area contributed by atoms with Crippen molar-refractivity contribution in [2.24, 2.45) is 5.92 Å². The topological polar surface area (TPSA) is 102 Å². The lowest BCUT2D eigenvalue weighted by Gasteiger charge is -2.36. The van der Waals surface area contributed by atoms with Crippen LogP contribution in [0.1, 0.15) is 73.1 Å². The molecule has 0 radical (unpaired) electrons. The first-order chi connectivity index (χ1) is 14.4. The van der Waals surface area contributed by atoms with Gasteiger partial charge in [0, 0.05) is 18.9 Å². The molecule has 0 aromatic heterocycles. The van der Waals surface area contributed by atoms with Gasteiger partial charge in [-0.15, -0.1) is 0 Å². The van der Waals surface area contributed by atoms with E-state index in [4.69, 9.17) is 14.2 Å². The van der Waals surface area contributed by atoms with Crippen LogP contribution in [-0.4, -0.2) is 58.3 Å². The van der Waals surface area contributed by atoms with Gasteiger partial charge < -0.3 is 24.4 Å². The van der Waals surface area contributed by atoms with Gasteiger partial charge >= 0.3 is 11.9 Å². The normalized spacial score (nSPS) is 38.6. The van der Waals surface area contributed by atoms with Crippen molar-refractivity contribution in [1.29, 1.82) is 0 Å². The van der Waals surface area contributed by atoms with Crippen LogP contribution in [0.3, 0.4) is 0 Å². The number of aliphatic hydroxyl groups is 2. The number of fused-ring (bicyclic) bond motifs is 2. The Balaban J connectivity index is 2.36. The highest BCUT2D eigenvalue weighted by atomic mass is 16.6. The maximum Gasteiger partial charge on any atom is 0.333 e. The van der Waals surface area contributed by atoms with Crippen molar-refractivity contribution in [3.8, 4) is 0 Å². The molecule has 31 heavy (non-hydrogen) atoms. The van der Waals surface area contributed by atoms with Crippen LogP contribution in [0.15, 0.2) is 23.8 Å². The molecule has 0 aromatic carbocycles. The summed E-state index contributed by atoms with van der Waals surface area (Å²) in [5.74, 6) is -1.22. The maximum absolute atomic E-state index is 12.3. The summed E-state index contributed by atoms with van der Waals surface area (Å²) in [6.45, 7) is 12.7. The number of rotatable bonds is 4. The molecule has 0 aliphatic carbocycles. The highest BCUT2D eigenvalue weighted by molar-refractivity contribution is 5.88. The van der Waals surface area contributed by atoms with Crippen LogP contribution in [0.4, 0.5) is 0 Å². The van der Waals surface area contributed by atoms with Crippen molar-refractivity contribution in [3.05, 3.63) is 23.8 Å². The molecule has 2 aliphatic rings. The molecule has 6 atom stereocenters. The smallest absolute Gasteiger partial charge is 0.333 e. The van der Waals surface area contributed by atoms with Gasteiger partial charge in [0.05, 0.1) is 24.4 Å². The second-order valence-corrected chi connectivity index (χ2v) is 9.33. The summed E-state index contributed by atoms with van der Waals surface area (Å²) < 4.78 is 17.0. The Kier molecular flexibility index (Phi) is 8.47. The van der Waals surface area contributed by atoms with Crippen molar-refractivity contribution in [1.82, 2.24) is 0 Å². The summed E-state index contributed by atoms with van der Waals surface area (Å²) in [6, 6.07) is 0. The number of carbonyl (C=O) groups excluding carboxylic acids is 2. The lowest BCUT2D eigenvalue weighted by molar-refractivity contribution is -0.182. The van der Waals surface area contributed by atoms with E-state index in [1.165, 1.54) is 6.92 Å². The maximum atomic E-state index is 12.3. The average molecular weight is 439 g/mol. The van der Waals surface area contributed by atoms with E-state index in [2.05, 4.69) is 6.58 Å². The zero-order valence-electron chi connectivity index (χ0n) is 19.5. The molecule has 0 unspecified atom stereocenters. The van der Waals surface area contributed by atoms with Crippen molar-refractivity contribution in [2.45, 2.75) is 103 Å². The minimum Gasteiger partial charge on any atom is -0.463 e. The van der Waals surface area contributed by atoms with Gasteiger partial charge in [0.1, 0.15) is 11.7 Å². The fourth-order valence-corrected chi connectivity index (χ4v) is 4.49. The predicted octanol–water partition coefficient (Wildman–Crippen LogP) is 3.22. The quantitative estimate of drug-likeness (QED) is 0.395. The molecule has 0 aromatic rings. The van der Waals surface area contributed by atoms with Crippen LogP contribution >= 0.6 is 0 Å². The molecule has 2 rings (SSSR count). The summed E-state index contributed by atoms with van der Waals surface area (Å²) in [5, 5.41) is 22.0. The summed E-state index contributed by atoms with van der Waals surface area (Å²) >= 11 is 0. The van der Waals surface area contributed by atoms with E-state index in [0.717, 1.165) is 5.57 Å². The Hall–Kier alpha value is -1.70. The molecular formula is C24H38O7. The van der Waals surface area contributed by atoms with Gasteiger partial charge in [-0.1, -0.05) is 12.7 Å². The van der Waals surface area contributed by atoms with Gasteiger partial charge in [-0.25, -0.2) is 4.79 Å². The zero-order chi connectivity index (χ0) is 23.4. The van der Waals surface area contributed by atoms with Gasteiger partial charge in [-0.05, 0) is 71.3 Å². The standard InChI is InChI=1S/C24H38O7/c1-7-29-22(27)16(3)18-10-12-23(5,28)20-11-13-24(6,31-20)21(30-17(4)25)9-8-15(2)19(26)14-18/h8,18-21,26,28H,3,7,9-14H2,1-2,4-6H3/b15-8+/t18-,19-,20+,21+,23-,24-/m1/s1. The zero-order valence-corrected chi connectivity index (χ0v) is 19.5. The van der Waals surface area contributed by atoms with E-state index >= 15 is 0 Å². The first kappa shape index (κ1) is 25.6. The number of hydrogen-bond acceptors (Lipinski definition) is 7. The summed E-state index contributed by atoms with van der Waals surface area (Å²) in [6.07, 6.45) is 2.88. The lowest BCUT2D eigenvalue weighted by atomic mass is 9.81. The van der Waals surface area contributed by atoms with E-state index in [-0.39, 0.29) is 18.9 Å². The van der Waals surface area contributed by atoms with Gasteiger partial charge in [0.15, 0.2) is 0 Å². The van der Waals surface area contributed by atoms with Crippen molar-refractivity contribution in [3.63, 3.8) is 0 Å². The highest BCUT2D eigenvalue weighted by Crippen LogP contribution is 2.42. The highest BCUT2D eigenvalue weighted by Gasteiger charge is 2.49. The fourth-order valence-electron chi connectivity index (χ4n) is 4.49. The molecule has 2 heterocycles. The molecule has 0 saturated carbocycles. The first-order valence-corrected chi connectivity index (χ1v) is 11.2. The van der Waals surface area contributed by atoms with Gasteiger partial charge in [0.2, 0.25) is 0 Å². The molecule has 1 saturated heterocycles. The van der Waals surface area contributed by atoms with Crippen molar-refractivity contribution < 1.29 is 34.0 Å². The second kappa shape index (κ2) is 10.3. The number of carbonyl (C=O) groups is 2. The fraction of sp³-hybridized carbons (Fsp3) is 0.750. The number of ether oxygens (including phenoxy) is 3. The first-order valence-electron chi connectivity index (χ1n) is 11.2. The van der Waals surface area contributed by atoms with Crippen LogP contribution in [-0.2, 0) is 23.8 Å². The third kappa shape index (κ3) is 6.40. The molecule has 1 fully saturated rings. The van der Waals surface area contributed by atoms with E-state index in [1.807, 2.05) is 19.9 Å². The third-order valence-electron chi connectivity index (χ3n) is 6.71. The molecule has 2 bridgehead atoms. The van der Waals surface area contributed by atoms with Gasteiger partial charge in [0.25, 0.3) is 0 Å². The van der Waals surface area contributed by atoms with E-state index in [1.54, 1.807) is 13.8 Å². The third-order valence-corrected chi connectivity index (χ3v) is 6.71. The Labute approximate surface area is 185 Å². The molecule has 0 amide bonds. The van der Waals surface area contributed by atoms with Gasteiger partial charge in [-0.3, -0.25) is 4.79 Å². The molecule has 176 valence electrons. The Morgan fingerprint density at radius 2 is 1.97 bits per heavy atom. The minimum atomic E-state index is -1.15. The average Bonchev–Trinajstić information content (AvgIpc) is 3.11. The van der Waals surface area contributed by atoms with Crippen LogP contribution in [0, 0.1) is 5.92 Å². The van der Waals surface area contributed by atoms with Crippen LogP contribution in [0.5, 0.6) is 0 Å². The second-order valence-electron chi connectivity index (χ2n) is 9.33. The van der Waals surface area contributed by atoms with E-state index in [0.29, 0.717) is 37.7 Å².